The van der Waals surface area contributed by atoms with Crippen molar-refractivity contribution in [3.8, 4) is 5.69 Å². The second-order valence-electron chi connectivity index (χ2n) is 3.04. The molecule has 1 heterocycles. The van der Waals surface area contributed by atoms with Crippen molar-refractivity contribution in [2.24, 2.45) is 0 Å². The molecule has 1 N–H and O–H groups in total. The lowest BCUT2D eigenvalue weighted by molar-refractivity contribution is 0.0696. The first-order valence-corrected chi connectivity index (χ1v) is 5.11. The Morgan fingerprint density at radius 2 is 2.25 bits per heavy atom. The highest BCUT2D eigenvalue weighted by Crippen LogP contribution is 2.20. The second-order valence-corrected chi connectivity index (χ2v) is 3.96. The average Bonchev–Trinajstić information content (AvgIpc) is 2.64. The van der Waals surface area contributed by atoms with Gasteiger partial charge >= 0.3 is 5.97 Å². The number of rotatable bonds is 2. The van der Waals surface area contributed by atoms with E-state index in [1.54, 1.807) is 0 Å². The Kier molecular flexibility index (Phi) is 2.74. The van der Waals surface area contributed by atoms with Crippen LogP contribution >= 0.6 is 15.9 Å². The van der Waals surface area contributed by atoms with Crippen LogP contribution in [0.2, 0.25) is 0 Å². The molecule has 0 aliphatic carbocycles. The molecule has 0 spiro atoms. The molecule has 0 unspecified atom stereocenters. The maximum Gasteiger partial charge on any atom is 0.338 e. The zero-order valence-electron chi connectivity index (χ0n) is 7.89. The summed E-state index contributed by atoms with van der Waals surface area (Å²) in [6.07, 6.45) is 2.95. The van der Waals surface area contributed by atoms with Gasteiger partial charge < -0.3 is 5.11 Å². The number of aromatic carboxylic acids is 1. The van der Waals surface area contributed by atoms with Crippen molar-refractivity contribution >= 4 is 21.9 Å². The van der Waals surface area contributed by atoms with Gasteiger partial charge in [-0.15, -0.1) is 0 Å². The van der Waals surface area contributed by atoms with E-state index in [-0.39, 0.29) is 11.3 Å². The Bertz CT molecular complexity index is 554. The van der Waals surface area contributed by atoms with Crippen LogP contribution in [-0.2, 0) is 0 Å². The van der Waals surface area contributed by atoms with Gasteiger partial charge in [0.2, 0.25) is 0 Å². The number of carbonyl (C=O) groups is 1. The van der Waals surface area contributed by atoms with Gasteiger partial charge in [0.1, 0.15) is 11.5 Å². The molecule has 0 radical (unpaired) electrons. The highest BCUT2D eigenvalue weighted by Gasteiger charge is 2.16. The van der Waals surface area contributed by atoms with E-state index in [0.29, 0.717) is 4.47 Å². The standard InChI is InChI=1S/C10H6BrFN2O2/c11-6-4-13-14(5-6)9-7(10(15)16)2-1-3-8(9)12/h1-5H,(H,15,16). The quantitative estimate of drug-likeness (QED) is 0.922. The molecule has 0 amide bonds. The largest absolute Gasteiger partial charge is 0.478 e. The highest BCUT2D eigenvalue weighted by molar-refractivity contribution is 9.10. The number of halogens is 2. The van der Waals surface area contributed by atoms with Gasteiger partial charge in [0.25, 0.3) is 0 Å². The van der Waals surface area contributed by atoms with Crippen LogP contribution in [0.15, 0.2) is 35.1 Å². The first kappa shape index (κ1) is 10.8. The van der Waals surface area contributed by atoms with E-state index in [4.69, 9.17) is 5.11 Å². The van der Waals surface area contributed by atoms with Gasteiger partial charge in [0, 0.05) is 6.20 Å². The van der Waals surface area contributed by atoms with E-state index in [0.717, 1.165) is 0 Å². The Morgan fingerprint density at radius 3 is 2.81 bits per heavy atom. The SMILES string of the molecule is O=C(O)c1cccc(F)c1-n1cc(Br)cn1. The third kappa shape index (κ3) is 1.83. The van der Waals surface area contributed by atoms with E-state index >= 15 is 0 Å². The number of carboxylic acids is 1. The van der Waals surface area contributed by atoms with Crippen molar-refractivity contribution in [2.75, 3.05) is 0 Å². The number of para-hydroxylation sites is 1. The summed E-state index contributed by atoms with van der Waals surface area (Å²) < 4.78 is 15.4. The minimum atomic E-state index is -1.19. The van der Waals surface area contributed by atoms with Crippen molar-refractivity contribution in [1.29, 1.82) is 0 Å². The highest BCUT2D eigenvalue weighted by atomic mass is 79.9. The molecule has 2 aromatic rings. The third-order valence-electron chi connectivity index (χ3n) is 2.00. The van der Waals surface area contributed by atoms with E-state index in [1.165, 1.54) is 35.3 Å². The lowest BCUT2D eigenvalue weighted by atomic mass is 10.1. The van der Waals surface area contributed by atoms with Crippen molar-refractivity contribution in [3.63, 3.8) is 0 Å². The van der Waals surface area contributed by atoms with Crippen LogP contribution in [0.4, 0.5) is 4.39 Å². The Balaban J connectivity index is 2.67. The first-order valence-electron chi connectivity index (χ1n) is 4.32. The summed E-state index contributed by atoms with van der Waals surface area (Å²) in [7, 11) is 0. The third-order valence-corrected chi connectivity index (χ3v) is 2.41. The lowest BCUT2D eigenvalue weighted by Crippen LogP contribution is -2.08. The fourth-order valence-electron chi connectivity index (χ4n) is 1.34. The summed E-state index contributed by atoms with van der Waals surface area (Å²) in [6.45, 7) is 0. The van der Waals surface area contributed by atoms with E-state index in [2.05, 4.69) is 21.0 Å². The molecule has 0 bridgehead atoms. The molecule has 0 aliphatic rings. The Labute approximate surface area is 98.4 Å². The second kappa shape index (κ2) is 4.05. The van der Waals surface area contributed by atoms with Gasteiger partial charge in [-0.2, -0.15) is 5.10 Å². The van der Waals surface area contributed by atoms with Crippen LogP contribution in [0.3, 0.4) is 0 Å². The van der Waals surface area contributed by atoms with E-state index in [9.17, 15) is 9.18 Å². The van der Waals surface area contributed by atoms with Crippen molar-refractivity contribution in [3.05, 3.63) is 46.4 Å². The van der Waals surface area contributed by atoms with Crippen LogP contribution in [-0.4, -0.2) is 20.9 Å². The fraction of sp³-hybridized carbons (Fsp3) is 0. The van der Waals surface area contributed by atoms with Crippen molar-refractivity contribution in [1.82, 2.24) is 9.78 Å². The maximum atomic E-state index is 13.6. The zero-order valence-corrected chi connectivity index (χ0v) is 9.48. The van der Waals surface area contributed by atoms with E-state index in [1.807, 2.05) is 0 Å². The van der Waals surface area contributed by atoms with Crippen LogP contribution < -0.4 is 0 Å². The molecule has 1 aromatic carbocycles. The molecule has 16 heavy (non-hydrogen) atoms. The monoisotopic (exact) mass is 284 g/mol. The summed E-state index contributed by atoms with van der Waals surface area (Å²) in [6, 6.07) is 3.87. The summed E-state index contributed by atoms with van der Waals surface area (Å²) in [5, 5.41) is 12.8. The minimum Gasteiger partial charge on any atom is -0.478 e. The molecule has 82 valence electrons. The summed E-state index contributed by atoms with van der Waals surface area (Å²) >= 11 is 3.16. The van der Waals surface area contributed by atoms with Gasteiger partial charge in [-0.3, -0.25) is 0 Å². The molecule has 0 saturated heterocycles. The normalized spacial score (nSPS) is 10.4. The molecule has 1 aromatic heterocycles. The molecule has 2 rings (SSSR count). The fourth-order valence-corrected chi connectivity index (χ4v) is 1.63. The van der Waals surface area contributed by atoms with Crippen LogP contribution in [0.1, 0.15) is 10.4 Å². The molecule has 0 saturated carbocycles. The van der Waals surface area contributed by atoms with Crippen LogP contribution in [0.25, 0.3) is 5.69 Å². The van der Waals surface area contributed by atoms with Crippen molar-refractivity contribution < 1.29 is 14.3 Å². The van der Waals surface area contributed by atoms with Gasteiger partial charge in [0.05, 0.1) is 16.2 Å². The van der Waals surface area contributed by atoms with Crippen LogP contribution in [0.5, 0.6) is 0 Å². The van der Waals surface area contributed by atoms with Gasteiger partial charge in [-0.25, -0.2) is 13.9 Å². The smallest absolute Gasteiger partial charge is 0.338 e. The van der Waals surface area contributed by atoms with Crippen molar-refractivity contribution in [2.45, 2.75) is 0 Å². The summed E-state index contributed by atoms with van der Waals surface area (Å²) in [5.74, 6) is -1.82. The predicted octanol–water partition coefficient (Wildman–Crippen LogP) is 2.47. The molecule has 0 fully saturated rings. The number of hydrogen-bond acceptors (Lipinski definition) is 2. The maximum absolute atomic E-state index is 13.6. The Morgan fingerprint density at radius 1 is 1.50 bits per heavy atom. The topological polar surface area (TPSA) is 55.1 Å². The van der Waals surface area contributed by atoms with Gasteiger partial charge in [-0.1, -0.05) is 6.07 Å². The van der Waals surface area contributed by atoms with E-state index < -0.39 is 11.8 Å². The van der Waals surface area contributed by atoms with Gasteiger partial charge in [-0.05, 0) is 28.1 Å². The number of aromatic nitrogens is 2. The summed E-state index contributed by atoms with van der Waals surface area (Å²) in [4.78, 5) is 10.9. The number of benzene rings is 1. The summed E-state index contributed by atoms with van der Waals surface area (Å²) in [5.41, 5.74) is -0.198. The number of hydrogen-bond donors (Lipinski definition) is 1. The average molecular weight is 285 g/mol. The number of carboxylic acid groups (broad SMARTS) is 1. The molecule has 0 aliphatic heterocycles. The zero-order chi connectivity index (χ0) is 11.7. The lowest BCUT2D eigenvalue weighted by Gasteiger charge is -2.06. The molecule has 0 atom stereocenters. The Hall–Kier alpha value is -1.69. The molecule has 6 heteroatoms. The molecular weight excluding hydrogens is 279 g/mol. The molecule has 4 nitrogen and oxygen atoms in total. The minimum absolute atomic E-state index is 0.0688. The van der Waals surface area contributed by atoms with Crippen LogP contribution in [0, 0.1) is 5.82 Å². The predicted molar refractivity (Wildman–Crippen MR) is 58.2 cm³/mol. The van der Waals surface area contributed by atoms with Gasteiger partial charge in [0.15, 0.2) is 0 Å². The number of nitrogens with zero attached hydrogens (tertiary/aromatic N) is 2. The first-order chi connectivity index (χ1) is 7.59. The molecular formula is C10H6BrFN2O2.